The Kier molecular flexibility index (Phi) is 4.24. The summed E-state index contributed by atoms with van der Waals surface area (Å²) in [6, 6.07) is 7.88. The van der Waals surface area contributed by atoms with Crippen LogP contribution in [-0.2, 0) is 0 Å². The van der Waals surface area contributed by atoms with Crippen LogP contribution in [-0.4, -0.2) is 31.3 Å². The summed E-state index contributed by atoms with van der Waals surface area (Å²) >= 11 is 0. The highest BCUT2D eigenvalue weighted by atomic mass is 16.5. The lowest BCUT2D eigenvalue weighted by atomic mass is 9.97. The summed E-state index contributed by atoms with van der Waals surface area (Å²) in [7, 11) is 0. The maximum atomic E-state index is 6.17. The Bertz CT molecular complexity index is 478. The third kappa shape index (κ3) is 2.82. The Balaban J connectivity index is 1.87. The highest BCUT2D eigenvalue weighted by molar-refractivity contribution is 5.58. The Morgan fingerprint density at radius 3 is 2.29 bits per heavy atom. The normalized spacial score (nSPS) is 27.8. The van der Waals surface area contributed by atoms with Crippen LogP contribution < -0.4 is 20.1 Å². The van der Waals surface area contributed by atoms with Gasteiger partial charge in [-0.3, -0.25) is 0 Å². The first-order chi connectivity index (χ1) is 10.2. The number of anilines is 1. The number of benzene rings is 1. The van der Waals surface area contributed by atoms with E-state index in [1.165, 1.54) is 18.5 Å². The molecule has 0 amide bonds. The van der Waals surface area contributed by atoms with Gasteiger partial charge in [0.1, 0.15) is 0 Å². The highest BCUT2D eigenvalue weighted by Gasteiger charge is 2.39. The standard InChI is InChI=1S/C17H26N2O2/c1-3-20-16-8-7-15(11-17(16)21-4-2)19-13-5-6-14(19)10-12(18)9-13/h7-8,11-14H,3-6,9-10,18H2,1-2H3. The van der Waals surface area contributed by atoms with Crippen molar-refractivity contribution in [1.29, 1.82) is 0 Å². The van der Waals surface area contributed by atoms with E-state index in [1.54, 1.807) is 0 Å². The molecule has 0 saturated carbocycles. The largest absolute Gasteiger partial charge is 0.490 e. The minimum Gasteiger partial charge on any atom is -0.490 e. The lowest BCUT2D eigenvalue weighted by Crippen LogP contribution is -2.47. The Morgan fingerprint density at radius 1 is 1.05 bits per heavy atom. The van der Waals surface area contributed by atoms with Crippen molar-refractivity contribution < 1.29 is 9.47 Å². The molecule has 1 aromatic rings. The third-order valence-corrected chi connectivity index (χ3v) is 4.59. The van der Waals surface area contributed by atoms with E-state index in [1.807, 2.05) is 19.9 Å². The first-order valence-corrected chi connectivity index (χ1v) is 8.16. The number of hydrogen-bond acceptors (Lipinski definition) is 4. The number of ether oxygens (including phenoxy) is 2. The summed E-state index contributed by atoms with van der Waals surface area (Å²) in [6.45, 7) is 5.31. The van der Waals surface area contributed by atoms with Crippen LogP contribution in [0.1, 0.15) is 39.5 Å². The summed E-state index contributed by atoms with van der Waals surface area (Å²) in [5.41, 5.74) is 7.42. The molecule has 2 aliphatic heterocycles. The maximum absolute atomic E-state index is 6.17. The van der Waals surface area contributed by atoms with E-state index < -0.39 is 0 Å². The van der Waals surface area contributed by atoms with Crippen LogP contribution in [0.4, 0.5) is 5.69 Å². The van der Waals surface area contributed by atoms with Crippen molar-refractivity contribution >= 4 is 5.69 Å². The zero-order valence-corrected chi connectivity index (χ0v) is 13.0. The Morgan fingerprint density at radius 2 is 1.67 bits per heavy atom. The van der Waals surface area contributed by atoms with Crippen molar-refractivity contribution in [2.45, 2.75) is 57.7 Å². The van der Waals surface area contributed by atoms with Crippen molar-refractivity contribution in [3.8, 4) is 11.5 Å². The molecule has 4 nitrogen and oxygen atoms in total. The molecular formula is C17H26N2O2. The Labute approximate surface area is 127 Å². The highest BCUT2D eigenvalue weighted by Crippen LogP contribution is 2.41. The summed E-state index contributed by atoms with van der Waals surface area (Å²) in [5.74, 6) is 1.69. The average molecular weight is 290 g/mol. The van der Waals surface area contributed by atoms with E-state index in [9.17, 15) is 0 Å². The van der Waals surface area contributed by atoms with E-state index in [-0.39, 0.29) is 0 Å². The second-order valence-corrected chi connectivity index (χ2v) is 6.02. The molecule has 2 heterocycles. The molecule has 0 aliphatic carbocycles. The minimum absolute atomic E-state index is 0.368. The number of hydrogen-bond donors (Lipinski definition) is 1. The zero-order valence-electron chi connectivity index (χ0n) is 13.0. The molecule has 21 heavy (non-hydrogen) atoms. The van der Waals surface area contributed by atoms with Crippen LogP contribution >= 0.6 is 0 Å². The number of rotatable bonds is 5. The molecule has 2 bridgehead atoms. The molecule has 4 heteroatoms. The van der Waals surface area contributed by atoms with Crippen LogP contribution in [0.5, 0.6) is 11.5 Å². The minimum atomic E-state index is 0.368. The second kappa shape index (κ2) is 6.14. The second-order valence-electron chi connectivity index (χ2n) is 6.02. The fourth-order valence-corrected chi connectivity index (χ4v) is 3.84. The van der Waals surface area contributed by atoms with Gasteiger partial charge >= 0.3 is 0 Å². The summed E-state index contributed by atoms with van der Waals surface area (Å²) < 4.78 is 11.4. The topological polar surface area (TPSA) is 47.7 Å². The van der Waals surface area contributed by atoms with Crippen LogP contribution in [0.2, 0.25) is 0 Å². The van der Waals surface area contributed by atoms with Gasteiger partial charge in [-0.15, -0.1) is 0 Å². The first kappa shape index (κ1) is 14.5. The molecule has 2 atom stereocenters. The molecule has 2 unspecified atom stereocenters. The van der Waals surface area contributed by atoms with Gasteiger partial charge in [-0.1, -0.05) is 0 Å². The Hall–Kier alpha value is -1.42. The van der Waals surface area contributed by atoms with E-state index >= 15 is 0 Å². The van der Waals surface area contributed by atoms with E-state index in [0.29, 0.717) is 31.3 Å². The van der Waals surface area contributed by atoms with Crippen molar-refractivity contribution in [2.75, 3.05) is 18.1 Å². The van der Waals surface area contributed by atoms with Crippen LogP contribution in [0.3, 0.4) is 0 Å². The van der Waals surface area contributed by atoms with Crippen molar-refractivity contribution in [1.82, 2.24) is 0 Å². The van der Waals surface area contributed by atoms with Gasteiger partial charge in [-0.05, 0) is 51.7 Å². The smallest absolute Gasteiger partial charge is 0.163 e. The SMILES string of the molecule is CCOc1ccc(N2C3CCC2CC(N)C3)cc1OCC. The van der Waals surface area contributed by atoms with Gasteiger partial charge in [0, 0.05) is 29.9 Å². The molecular weight excluding hydrogens is 264 g/mol. The van der Waals surface area contributed by atoms with Gasteiger partial charge < -0.3 is 20.1 Å². The summed E-state index contributed by atoms with van der Waals surface area (Å²) in [5, 5.41) is 0. The lowest BCUT2D eigenvalue weighted by molar-refractivity contribution is 0.287. The lowest BCUT2D eigenvalue weighted by Gasteiger charge is -2.39. The summed E-state index contributed by atoms with van der Waals surface area (Å²) in [4.78, 5) is 2.56. The van der Waals surface area contributed by atoms with Gasteiger partial charge in [0.15, 0.2) is 11.5 Å². The van der Waals surface area contributed by atoms with E-state index in [2.05, 4.69) is 17.0 Å². The predicted molar refractivity (Wildman–Crippen MR) is 85.3 cm³/mol. The maximum Gasteiger partial charge on any atom is 0.163 e. The van der Waals surface area contributed by atoms with Gasteiger partial charge in [-0.25, -0.2) is 0 Å². The quantitative estimate of drug-likeness (QED) is 0.905. The van der Waals surface area contributed by atoms with Crippen molar-refractivity contribution in [3.63, 3.8) is 0 Å². The molecule has 2 saturated heterocycles. The average Bonchev–Trinajstić information content (AvgIpc) is 2.73. The van der Waals surface area contributed by atoms with Crippen LogP contribution in [0.15, 0.2) is 18.2 Å². The fourth-order valence-electron chi connectivity index (χ4n) is 3.84. The first-order valence-electron chi connectivity index (χ1n) is 8.16. The zero-order chi connectivity index (χ0) is 14.8. The van der Waals surface area contributed by atoms with Crippen LogP contribution in [0, 0.1) is 0 Å². The third-order valence-electron chi connectivity index (χ3n) is 4.59. The molecule has 1 aromatic carbocycles. The summed E-state index contributed by atoms with van der Waals surface area (Å²) in [6.07, 6.45) is 4.73. The van der Waals surface area contributed by atoms with Crippen molar-refractivity contribution in [2.24, 2.45) is 5.73 Å². The molecule has 0 aromatic heterocycles. The van der Waals surface area contributed by atoms with Gasteiger partial charge in [0.2, 0.25) is 0 Å². The molecule has 116 valence electrons. The number of nitrogens with zero attached hydrogens (tertiary/aromatic N) is 1. The monoisotopic (exact) mass is 290 g/mol. The number of nitrogens with two attached hydrogens (primary N) is 1. The van der Waals surface area contributed by atoms with Crippen LogP contribution in [0.25, 0.3) is 0 Å². The van der Waals surface area contributed by atoms with E-state index in [0.717, 1.165) is 24.3 Å². The molecule has 3 rings (SSSR count). The molecule has 2 N–H and O–H groups in total. The van der Waals surface area contributed by atoms with E-state index in [4.69, 9.17) is 15.2 Å². The molecule has 2 fully saturated rings. The van der Waals surface area contributed by atoms with Gasteiger partial charge in [0.05, 0.1) is 13.2 Å². The molecule has 0 radical (unpaired) electrons. The van der Waals surface area contributed by atoms with Gasteiger partial charge in [-0.2, -0.15) is 0 Å². The fraction of sp³-hybridized carbons (Fsp3) is 0.647. The number of piperidine rings is 1. The number of fused-ring (bicyclic) bond motifs is 2. The van der Waals surface area contributed by atoms with Crippen molar-refractivity contribution in [3.05, 3.63) is 18.2 Å². The molecule has 0 spiro atoms. The van der Waals surface area contributed by atoms with Gasteiger partial charge in [0.25, 0.3) is 0 Å². The molecule has 2 aliphatic rings. The predicted octanol–water partition coefficient (Wildman–Crippen LogP) is 2.94.